The molecule has 0 spiro atoms. The summed E-state index contributed by atoms with van der Waals surface area (Å²) in [5.74, 6) is -2.23. The second-order valence-corrected chi connectivity index (χ2v) is 9.37. The number of rotatable bonds is 12. The summed E-state index contributed by atoms with van der Waals surface area (Å²) in [6, 6.07) is 9.48. The van der Waals surface area contributed by atoms with Crippen molar-refractivity contribution >= 4 is 47.4 Å². The highest BCUT2D eigenvalue weighted by atomic mass is 32.1. The zero-order valence-electron chi connectivity index (χ0n) is 19.6. The smallest absolute Gasteiger partial charge is 0.305 e. The van der Waals surface area contributed by atoms with Crippen molar-refractivity contribution in [1.82, 2.24) is 15.3 Å². The molecule has 3 amide bonds. The quantitative estimate of drug-likeness (QED) is 0.275. The Morgan fingerprint density at radius 1 is 1.27 bits per heavy atom. The van der Waals surface area contributed by atoms with E-state index in [2.05, 4.69) is 10.4 Å². The van der Waals surface area contributed by atoms with Crippen molar-refractivity contribution < 1.29 is 28.7 Å². The van der Waals surface area contributed by atoms with Crippen LogP contribution in [0.3, 0.4) is 0 Å². The van der Waals surface area contributed by atoms with Gasteiger partial charge in [0, 0.05) is 36.8 Å². The number of aromatic nitrogens is 1. The van der Waals surface area contributed by atoms with Gasteiger partial charge in [0.05, 0.1) is 29.9 Å². The number of carbonyl (C=O) groups is 4. The number of anilines is 2. The summed E-state index contributed by atoms with van der Waals surface area (Å²) >= 11 is 1.51. The van der Waals surface area contributed by atoms with Gasteiger partial charge in [-0.3, -0.25) is 24.2 Å². The minimum atomic E-state index is -1.12. The lowest BCUT2D eigenvalue weighted by Gasteiger charge is -2.32. The summed E-state index contributed by atoms with van der Waals surface area (Å²) in [6.45, 7) is 0.333. The predicted octanol–water partition coefficient (Wildman–Crippen LogP) is 2.73. The average Bonchev–Trinajstić information content (AvgIpc) is 3.55. The van der Waals surface area contributed by atoms with Gasteiger partial charge < -0.3 is 14.9 Å². The van der Waals surface area contributed by atoms with Gasteiger partial charge in [-0.1, -0.05) is 12.1 Å². The molecule has 0 saturated carbocycles. The second kappa shape index (κ2) is 11.7. The number of hydrogen-bond donors (Lipinski definition) is 2. The van der Waals surface area contributed by atoms with Gasteiger partial charge in [-0.2, -0.15) is 0 Å². The third-order valence-electron chi connectivity index (χ3n) is 6.05. The molecule has 2 atom stereocenters. The Kier molecular flexibility index (Phi) is 8.21. The number of hydrogen-bond acceptors (Lipinski definition) is 7. The van der Waals surface area contributed by atoms with Crippen molar-refractivity contribution in [2.75, 3.05) is 16.5 Å². The largest absolute Gasteiger partial charge is 0.481 e. The minimum Gasteiger partial charge on any atom is -0.481 e. The number of carboxylic acids is 1. The van der Waals surface area contributed by atoms with Crippen molar-refractivity contribution in [3.05, 3.63) is 76.5 Å². The predicted molar refractivity (Wildman–Crippen MR) is 134 cm³/mol. The van der Waals surface area contributed by atoms with Crippen LogP contribution in [-0.2, 0) is 25.7 Å². The molecule has 2 aromatic heterocycles. The number of carbonyl (C=O) groups excluding carboxylic acids is 3. The maximum absolute atomic E-state index is 14.9. The Morgan fingerprint density at radius 2 is 2.11 bits per heavy atom. The lowest BCUT2D eigenvalue weighted by molar-refractivity contribution is -0.139. The SMILES string of the molecule is O=CN(NCc1cccs1)c1ccc(F)c(N2CC(N(C=O)C(CC(=O)O)c3cccnc3)CC2=O)c1. The monoisotopic (exact) mass is 525 g/mol. The van der Waals surface area contributed by atoms with Crippen LogP contribution in [0.15, 0.2) is 60.2 Å². The van der Waals surface area contributed by atoms with E-state index < -0.39 is 29.8 Å². The van der Waals surface area contributed by atoms with Crippen LogP contribution in [0.2, 0.25) is 0 Å². The Morgan fingerprint density at radius 3 is 2.76 bits per heavy atom. The van der Waals surface area contributed by atoms with Crippen molar-refractivity contribution in [1.29, 1.82) is 0 Å². The van der Waals surface area contributed by atoms with Gasteiger partial charge in [0.25, 0.3) is 0 Å². The Labute approximate surface area is 215 Å². The van der Waals surface area contributed by atoms with Crippen molar-refractivity contribution in [3.8, 4) is 0 Å². The van der Waals surface area contributed by atoms with Gasteiger partial charge in [-0.25, -0.2) is 14.8 Å². The van der Waals surface area contributed by atoms with Crippen molar-refractivity contribution in [3.63, 3.8) is 0 Å². The van der Waals surface area contributed by atoms with E-state index in [1.165, 1.54) is 50.7 Å². The number of halogens is 1. The van der Waals surface area contributed by atoms with Gasteiger partial charge in [0.2, 0.25) is 18.7 Å². The van der Waals surface area contributed by atoms with Crippen LogP contribution in [0.1, 0.15) is 29.3 Å². The van der Waals surface area contributed by atoms with E-state index in [0.717, 1.165) is 10.9 Å². The Bertz CT molecular complexity index is 1260. The molecular formula is C25H24FN5O5S. The van der Waals surface area contributed by atoms with Crippen LogP contribution < -0.4 is 15.3 Å². The maximum atomic E-state index is 14.9. The van der Waals surface area contributed by atoms with Crippen LogP contribution >= 0.6 is 11.3 Å². The molecule has 3 aromatic rings. The summed E-state index contributed by atoms with van der Waals surface area (Å²) in [5.41, 5.74) is 3.75. The molecule has 2 N–H and O–H groups in total. The Hall–Kier alpha value is -4.16. The minimum absolute atomic E-state index is 0.0436. The number of aliphatic carboxylic acids is 1. The van der Waals surface area contributed by atoms with Gasteiger partial charge in [-0.05, 0) is 41.3 Å². The molecule has 1 fully saturated rings. The summed E-state index contributed by atoms with van der Waals surface area (Å²) in [4.78, 5) is 55.8. The highest BCUT2D eigenvalue weighted by Gasteiger charge is 2.39. The lowest BCUT2D eigenvalue weighted by Crippen LogP contribution is -2.40. The molecule has 1 aromatic carbocycles. The second-order valence-electron chi connectivity index (χ2n) is 8.34. The number of thiophene rings is 1. The van der Waals surface area contributed by atoms with Crippen molar-refractivity contribution in [2.45, 2.75) is 31.5 Å². The van der Waals surface area contributed by atoms with Gasteiger partial charge in [-0.15, -0.1) is 11.3 Å². The van der Waals surface area contributed by atoms with Crippen LogP contribution in [0.25, 0.3) is 0 Å². The normalized spacial score (nSPS) is 15.9. The highest BCUT2D eigenvalue weighted by molar-refractivity contribution is 7.09. The standard InChI is InChI=1S/C25H24FN5O5S/c26-21-6-5-18(31(16-33)28-13-20-4-2-8-37-20)9-23(21)29-14-19(10-24(29)34)30(15-32)22(11-25(35)36)17-3-1-7-27-12-17/h1-9,12,15-16,19,22,28H,10-11,13-14H2,(H,35,36). The number of carboxylic acid groups (broad SMARTS) is 1. The third-order valence-corrected chi connectivity index (χ3v) is 6.93. The molecule has 1 aliphatic rings. The summed E-state index contributed by atoms with van der Waals surface area (Å²) in [6.07, 6.45) is 3.56. The first kappa shape index (κ1) is 25.9. The number of amides is 3. The first-order chi connectivity index (χ1) is 17.9. The fourth-order valence-corrected chi connectivity index (χ4v) is 4.93. The van der Waals surface area contributed by atoms with E-state index in [1.807, 2.05) is 17.5 Å². The molecule has 0 radical (unpaired) electrons. The van der Waals surface area contributed by atoms with E-state index >= 15 is 0 Å². The van der Waals surface area contributed by atoms with Crippen LogP contribution in [0, 0.1) is 5.82 Å². The first-order valence-corrected chi connectivity index (χ1v) is 12.2. The van der Waals surface area contributed by atoms with Crippen LogP contribution in [0.5, 0.6) is 0 Å². The van der Waals surface area contributed by atoms with Gasteiger partial charge in [0.1, 0.15) is 5.82 Å². The number of nitrogens with one attached hydrogen (secondary N) is 1. The molecule has 192 valence electrons. The molecule has 0 aliphatic carbocycles. The molecule has 37 heavy (non-hydrogen) atoms. The highest BCUT2D eigenvalue weighted by Crippen LogP contribution is 2.33. The fraction of sp³-hybridized carbons (Fsp3) is 0.240. The van der Waals surface area contributed by atoms with E-state index in [1.54, 1.807) is 12.1 Å². The average molecular weight is 526 g/mol. The first-order valence-electron chi connectivity index (χ1n) is 11.4. The van der Waals surface area contributed by atoms with Gasteiger partial charge >= 0.3 is 5.97 Å². The van der Waals surface area contributed by atoms with E-state index in [-0.39, 0.29) is 25.1 Å². The summed E-state index contributed by atoms with van der Waals surface area (Å²) < 4.78 is 14.9. The van der Waals surface area contributed by atoms with Crippen LogP contribution in [-0.4, -0.2) is 52.3 Å². The molecule has 3 heterocycles. The Balaban J connectivity index is 1.56. The molecule has 0 bridgehead atoms. The van der Waals surface area contributed by atoms with E-state index in [0.29, 0.717) is 30.6 Å². The molecule has 12 heteroatoms. The fourth-order valence-electron chi connectivity index (χ4n) is 4.29. The summed E-state index contributed by atoms with van der Waals surface area (Å²) in [7, 11) is 0. The number of nitrogens with zero attached hydrogens (tertiary/aromatic N) is 4. The molecule has 1 saturated heterocycles. The molecule has 2 unspecified atom stereocenters. The van der Waals surface area contributed by atoms with Crippen LogP contribution in [0.4, 0.5) is 15.8 Å². The number of benzene rings is 1. The zero-order valence-corrected chi connectivity index (χ0v) is 20.4. The number of pyridine rings is 1. The van der Waals surface area contributed by atoms with Gasteiger partial charge in [0.15, 0.2) is 0 Å². The third kappa shape index (κ3) is 5.98. The molecular weight excluding hydrogens is 501 g/mol. The van der Waals surface area contributed by atoms with Crippen molar-refractivity contribution in [2.24, 2.45) is 0 Å². The zero-order chi connectivity index (χ0) is 26.4. The lowest BCUT2D eigenvalue weighted by atomic mass is 10.0. The summed E-state index contributed by atoms with van der Waals surface area (Å²) in [5, 5.41) is 12.5. The van der Waals surface area contributed by atoms with E-state index in [9.17, 15) is 28.7 Å². The maximum Gasteiger partial charge on any atom is 0.305 e. The molecule has 10 nitrogen and oxygen atoms in total. The molecule has 4 rings (SSSR count). The molecule has 1 aliphatic heterocycles. The van der Waals surface area contributed by atoms with E-state index in [4.69, 9.17) is 0 Å². The topological polar surface area (TPSA) is 123 Å². The number of hydrazine groups is 1.